The predicted octanol–water partition coefficient (Wildman–Crippen LogP) is 3.24. The number of aliphatic hydroxyl groups excluding tert-OH is 1. The lowest BCUT2D eigenvalue weighted by atomic mass is 9.66. The molecule has 0 saturated carbocycles. The van der Waals surface area contributed by atoms with E-state index in [1.165, 1.54) is 4.90 Å². The summed E-state index contributed by atoms with van der Waals surface area (Å²) in [7, 11) is 0. The smallest absolute Gasteiger partial charge is 0.312 e. The van der Waals surface area contributed by atoms with Gasteiger partial charge in [-0.3, -0.25) is 14.4 Å². The Hall–Kier alpha value is -3.49. The van der Waals surface area contributed by atoms with Gasteiger partial charge in [0.15, 0.2) is 0 Å². The highest BCUT2D eigenvalue weighted by atomic mass is 16.6. The molecule has 2 unspecified atom stereocenters. The normalized spacial score (nSPS) is 29.4. The molecule has 0 aliphatic carbocycles. The minimum atomic E-state index is -1.18. The molecule has 2 bridgehead atoms. The molecule has 3 saturated heterocycles. The molecule has 3 aliphatic heterocycles. The summed E-state index contributed by atoms with van der Waals surface area (Å²) in [5.41, 5.74) is -1.43. The minimum Gasteiger partial charge on any atom is -0.465 e. The van der Waals surface area contributed by atoms with Gasteiger partial charge in [-0.2, -0.15) is 0 Å². The SMILES string of the molecule is C=CCCOC(=O)[C@@H]1[C@H]2C(=O)N(CCO)C(C(=O)N(CC=C)c3ccc4ccccc4c3)C23CC[C@@]1(C)O3. The van der Waals surface area contributed by atoms with E-state index in [0.717, 1.165) is 10.8 Å². The number of likely N-dealkylation sites (tertiary alicyclic amines) is 1. The first-order chi connectivity index (χ1) is 18.3. The molecule has 3 heterocycles. The second-order valence-electron chi connectivity index (χ2n) is 10.5. The van der Waals surface area contributed by atoms with Crippen molar-refractivity contribution in [2.75, 3.05) is 31.2 Å². The number of ether oxygens (including phenoxy) is 2. The first-order valence-corrected chi connectivity index (χ1v) is 13.1. The monoisotopic (exact) mass is 518 g/mol. The Morgan fingerprint density at radius 2 is 1.95 bits per heavy atom. The summed E-state index contributed by atoms with van der Waals surface area (Å²) in [6, 6.07) is 12.6. The summed E-state index contributed by atoms with van der Waals surface area (Å²) in [6.45, 7) is 9.37. The van der Waals surface area contributed by atoms with Gasteiger partial charge >= 0.3 is 5.97 Å². The Labute approximate surface area is 222 Å². The highest BCUT2D eigenvalue weighted by Gasteiger charge is 2.78. The van der Waals surface area contributed by atoms with Crippen molar-refractivity contribution in [3.05, 3.63) is 67.8 Å². The van der Waals surface area contributed by atoms with E-state index in [1.807, 2.05) is 49.4 Å². The van der Waals surface area contributed by atoms with Crippen LogP contribution in [0.25, 0.3) is 10.8 Å². The van der Waals surface area contributed by atoms with Crippen molar-refractivity contribution < 1.29 is 29.0 Å². The van der Waals surface area contributed by atoms with Gasteiger partial charge in [-0.1, -0.05) is 42.5 Å². The fraction of sp³-hybridized carbons (Fsp3) is 0.433. The number of carbonyl (C=O) groups excluding carboxylic acids is 3. The number of carbonyl (C=O) groups is 3. The van der Waals surface area contributed by atoms with E-state index in [1.54, 1.807) is 17.1 Å². The summed E-state index contributed by atoms with van der Waals surface area (Å²) in [6.07, 6.45) is 4.77. The number of esters is 1. The zero-order valence-electron chi connectivity index (χ0n) is 21.7. The molecule has 200 valence electrons. The number of hydrogen-bond acceptors (Lipinski definition) is 6. The molecule has 8 nitrogen and oxygen atoms in total. The topological polar surface area (TPSA) is 96.4 Å². The summed E-state index contributed by atoms with van der Waals surface area (Å²) in [5.74, 6) is -2.87. The van der Waals surface area contributed by atoms with E-state index in [0.29, 0.717) is 24.9 Å². The van der Waals surface area contributed by atoms with Crippen molar-refractivity contribution in [1.82, 2.24) is 4.90 Å². The van der Waals surface area contributed by atoms with Crippen molar-refractivity contribution in [1.29, 1.82) is 0 Å². The van der Waals surface area contributed by atoms with Gasteiger partial charge in [0.1, 0.15) is 17.6 Å². The summed E-state index contributed by atoms with van der Waals surface area (Å²) in [5, 5.41) is 11.9. The molecule has 2 aromatic carbocycles. The molecule has 0 radical (unpaired) electrons. The van der Waals surface area contributed by atoms with E-state index in [4.69, 9.17) is 9.47 Å². The molecule has 1 N–H and O–H groups in total. The highest BCUT2D eigenvalue weighted by molar-refractivity contribution is 6.05. The summed E-state index contributed by atoms with van der Waals surface area (Å²) < 4.78 is 12.1. The number of amides is 2. The molecule has 0 aromatic heterocycles. The van der Waals surface area contributed by atoms with Crippen LogP contribution in [0.2, 0.25) is 0 Å². The third kappa shape index (κ3) is 3.94. The van der Waals surface area contributed by atoms with Gasteiger partial charge in [-0.25, -0.2) is 0 Å². The second-order valence-corrected chi connectivity index (χ2v) is 10.5. The molecule has 5 rings (SSSR count). The van der Waals surface area contributed by atoms with E-state index in [2.05, 4.69) is 13.2 Å². The van der Waals surface area contributed by atoms with Gasteiger partial charge in [0.2, 0.25) is 5.91 Å². The van der Waals surface area contributed by atoms with Crippen LogP contribution in [-0.4, -0.2) is 71.3 Å². The van der Waals surface area contributed by atoms with Gasteiger partial charge in [-0.15, -0.1) is 13.2 Å². The number of benzene rings is 2. The molecular weight excluding hydrogens is 484 g/mol. The summed E-state index contributed by atoms with van der Waals surface area (Å²) in [4.78, 5) is 44.6. The average Bonchev–Trinajstić information content (AvgIpc) is 3.48. The number of rotatable bonds is 10. The van der Waals surface area contributed by atoms with Crippen molar-refractivity contribution in [2.24, 2.45) is 11.8 Å². The van der Waals surface area contributed by atoms with Crippen molar-refractivity contribution in [2.45, 2.75) is 43.4 Å². The molecule has 5 atom stereocenters. The maximum atomic E-state index is 14.4. The molecule has 2 amide bonds. The lowest BCUT2D eigenvalue weighted by molar-refractivity contribution is -0.159. The van der Waals surface area contributed by atoms with Crippen LogP contribution >= 0.6 is 0 Å². The van der Waals surface area contributed by atoms with E-state index in [-0.39, 0.29) is 38.1 Å². The average molecular weight is 519 g/mol. The molecule has 1 spiro atoms. The van der Waals surface area contributed by atoms with E-state index >= 15 is 0 Å². The largest absolute Gasteiger partial charge is 0.465 e. The quantitative estimate of drug-likeness (QED) is 0.295. The van der Waals surface area contributed by atoms with E-state index < -0.39 is 35.0 Å². The first kappa shape index (κ1) is 26.1. The Kier molecular flexibility index (Phi) is 6.88. The number of fused-ring (bicyclic) bond motifs is 2. The Morgan fingerprint density at radius 3 is 2.66 bits per heavy atom. The van der Waals surface area contributed by atoms with Gasteiger partial charge in [-0.05, 0) is 49.1 Å². The van der Waals surface area contributed by atoms with Crippen LogP contribution in [0.15, 0.2) is 67.8 Å². The van der Waals surface area contributed by atoms with Crippen LogP contribution in [0, 0.1) is 11.8 Å². The van der Waals surface area contributed by atoms with Crippen molar-refractivity contribution >= 4 is 34.2 Å². The Bertz CT molecular complexity index is 1290. The van der Waals surface area contributed by atoms with Gasteiger partial charge in [0.05, 0.1) is 24.7 Å². The molecular formula is C30H34N2O6. The number of β-amino-alcohol motifs (C(OH)–C–C–N with tert-alkyl or cyclic N) is 1. The van der Waals surface area contributed by atoms with E-state index in [9.17, 15) is 19.5 Å². The third-order valence-corrected chi connectivity index (χ3v) is 8.29. The Balaban J connectivity index is 1.55. The summed E-state index contributed by atoms with van der Waals surface area (Å²) >= 11 is 0. The van der Waals surface area contributed by atoms with Crippen LogP contribution in [0.5, 0.6) is 0 Å². The zero-order chi connectivity index (χ0) is 27.1. The van der Waals surface area contributed by atoms with Crippen molar-refractivity contribution in [3.63, 3.8) is 0 Å². The first-order valence-electron chi connectivity index (χ1n) is 13.1. The van der Waals surface area contributed by atoms with Crippen LogP contribution in [0.3, 0.4) is 0 Å². The maximum absolute atomic E-state index is 14.4. The van der Waals surface area contributed by atoms with Crippen molar-refractivity contribution in [3.8, 4) is 0 Å². The molecule has 8 heteroatoms. The Morgan fingerprint density at radius 1 is 1.18 bits per heavy atom. The second kappa shape index (κ2) is 10.0. The fourth-order valence-electron chi connectivity index (χ4n) is 6.69. The van der Waals surface area contributed by atoms with Gasteiger partial charge in [0.25, 0.3) is 5.91 Å². The number of hydrogen-bond donors (Lipinski definition) is 1. The van der Waals surface area contributed by atoms with Crippen LogP contribution < -0.4 is 4.90 Å². The van der Waals surface area contributed by atoms with Crippen LogP contribution in [-0.2, 0) is 23.9 Å². The van der Waals surface area contributed by atoms with Crippen LogP contribution in [0.4, 0.5) is 5.69 Å². The standard InChI is InChI=1S/C30H34N2O6/c1-4-6-18-37-28(36)24-23-26(34)32(16-17-33)25(30(23)14-13-29(24,3)38-30)27(35)31(15-5-2)22-12-11-20-9-7-8-10-21(20)19-22/h4-5,7-12,19,23-25,33H,1-2,6,13-18H2,3H3/t23-,24-,25?,29+,30?/m0/s1. The fourth-order valence-corrected chi connectivity index (χ4v) is 6.69. The lowest BCUT2D eigenvalue weighted by Crippen LogP contribution is -2.56. The zero-order valence-corrected chi connectivity index (χ0v) is 21.7. The van der Waals surface area contributed by atoms with Gasteiger partial charge < -0.3 is 24.4 Å². The lowest BCUT2D eigenvalue weighted by Gasteiger charge is -2.36. The highest BCUT2D eigenvalue weighted by Crippen LogP contribution is 2.63. The van der Waals surface area contributed by atoms with Crippen LogP contribution in [0.1, 0.15) is 26.2 Å². The minimum absolute atomic E-state index is 0.0363. The third-order valence-electron chi connectivity index (χ3n) is 8.29. The number of aliphatic hydroxyl groups is 1. The number of anilines is 1. The molecule has 3 fully saturated rings. The van der Waals surface area contributed by atoms with Gasteiger partial charge in [0, 0.05) is 18.8 Å². The molecule has 3 aliphatic rings. The molecule has 2 aromatic rings. The molecule has 38 heavy (non-hydrogen) atoms. The number of nitrogens with zero attached hydrogens (tertiary/aromatic N) is 2. The maximum Gasteiger partial charge on any atom is 0.312 e. The predicted molar refractivity (Wildman–Crippen MR) is 143 cm³/mol.